The summed E-state index contributed by atoms with van der Waals surface area (Å²) in [5.74, 6) is 0.904. The van der Waals surface area contributed by atoms with Crippen LogP contribution in [0.15, 0.2) is 23.2 Å². The molecule has 0 saturated carbocycles. The van der Waals surface area contributed by atoms with E-state index in [2.05, 4.69) is 15.6 Å². The number of aliphatic imine (C=N–C) groups is 1. The lowest BCUT2D eigenvalue weighted by Crippen LogP contribution is -2.34. The molecule has 1 aliphatic heterocycles. The molecular formula is C15H19N3O2S2. The van der Waals surface area contributed by atoms with Gasteiger partial charge in [0, 0.05) is 11.4 Å². The van der Waals surface area contributed by atoms with Crippen molar-refractivity contribution < 1.29 is 9.59 Å². The zero-order valence-corrected chi connectivity index (χ0v) is 14.3. The molecule has 0 aliphatic carbocycles. The van der Waals surface area contributed by atoms with E-state index in [9.17, 15) is 9.59 Å². The van der Waals surface area contributed by atoms with Crippen LogP contribution in [-0.4, -0.2) is 40.8 Å². The van der Waals surface area contributed by atoms with Crippen molar-refractivity contribution in [2.24, 2.45) is 4.99 Å². The minimum Gasteiger partial charge on any atom is -0.346 e. The summed E-state index contributed by atoms with van der Waals surface area (Å²) >= 11 is 3.09. The van der Waals surface area contributed by atoms with Crippen LogP contribution in [-0.2, 0) is 9.59 Å². The van der Waals surface area contributed by atoms with Gasteiger partial charge in [0.15, 0.2) is 0 Å². The Balaban J connectivity index is 1.72. The summed E-state index contributed by atoms with van der Waals surface area (Å²) in [6, 6.07) is 5.74. The number of benzene rings is 1. The lowest BCUT2D eigenvalue weighted by atomic mass is 10.1. The third-order valence-electron chi connectivity index (χ3n) is 3.21. The van der Waals surface area contributed by atoms with Crippen LogP contribution in [0.3, 0.4) is 0 Å². The molecule has 7 heteroatoms. The van der Waals surface area contributed by atoms with E-state index in [1.165, 1.54) is 11.8 Å². The number of nitrogens with zero attached hydrogens (tertiary/aromatic N) is 1. The van der Waals surface area contributed by atoms with Gasteiger partial charge in [0.05, 0.1) is 18.8 Å². The molecule has 0 unspecified atom stereocenters. The molecule has 0 radical (unpaired) electrons. The molecule has 1 heterocycles. The standard InChI is InChI=1S/C15H19N3O2S2/c1-10-4-3-5-12(11(10)2)18-13(19)8-17-14(20)9-22-15-16-6-7-21-15/h3-5H,6-9H2,1-2H3,(H,17,20)(H,18,19). The molecule has 1 aromatic carbocycles. The van der Waals surface area contributed by atoms with Crippen LogP contribution in [0.25, 0.3) is 0 Å². The van der Waals surface area contributed by atoms with Gasteiger partial charge in [-0.3, -0.25) is 14.6 Å². The third kappa shape index (κ3) is 5.06. The highest BCUT2D eigenvalue weighted by Crippen LogP contribution is 2.21. The smallest absolute Gasteiger partial charge is 0.243 e. The number of hydrogen-bond acceptors (Lipinski definition) is 5. The van der Waals surface area contributed by atoms with Gasteiger partial charge in [0.25, 0.3) is 0 Å². The maximum Gasteiger partial charge on any atom is 0.243 e. The van der Waals surface area contributed by atoms with E-state index in [1.54, 1.807) is 11.8 Å². The maximum atomic E-state index is 11.9. The number of amides is 2. The number of rotatable bonds is 5. The van der Waals surface area contributed by atoms with E-state index in [4.69, 9.17) is 0 Å². The third-order valence-corrected chi connectivity index (χ3v) is 5.46. The zero-order chi connectivity index (χ0) is 15.9. The Morgan fingerprint density at radius 2 is 2.14 bits per heavy atom. The molecular weight excluding hydrogens is 318 g/mol. The molecule has 2 N–H and O–H groups in total. The van der Waals surface area contributed by atoms with Gasteiger partial charge in [0.1, 0.15) is 4.38 Å². The summed E-state index contributed by atoms with van der Waals surface area (Å²) in [6.07, 6.45) is 0. The van der Waals surface area contributed by atoms with Crippen molar-refractivity contribution in [2.75, 3.05) is 29.9 Å². The Kier molecular flexibility index (Phi) is 6.33. The van der Waals surface area contributed by atoms with Crippen LogP contribution in [0.5, 0.6) is 0 Å². The van der Waals surface area contributed by atoms with Gasteiger partial charge < -0.3 is 10.6 Å². The first-order valence-electron chi connectivity index (χ1n) is 6.99. The van der Waals surface area contributed by atoms with Crippen molar-refractivity contribution in [2.45, 2.75) is 13.8 Å². The van der Waals surface area contributed by atoms with Crippen molar-refractivity contribution in [1.82, 2.24) is 5.32 Å². The van der Waals surface area contributed by atoms with Crippen molar-refractivity contribution in [3.8, 4) is 0 Å². The molecule has 0 saturated heterocycles. The monoisotopic (exact) mass is 337 g/mol. The van der Waals surface area contributed by atoms with Gasteiger partial charge in [0.2, 0.25) is 11.8 Å². The normalized spacial score (nSPS) is 13.6. The fraction of sp³-hybridized carbons (Fsp3) is 0.400. The molecule has 5 nitrogen and oxygen atoms in total. The molecule has 22 heavy (non-hydrogen) atoms. The number of thioether (sulfide) groups is 2. The molecule has 2 amide bonds. The second kappa shape index (κ2) is 8.24. The van der Waals surface area contributed by atoms with Gasteiger partial charge in [-0.05, 0) is 31.0 Å². The highest BCUT2D eigenvalue weighted by molar-refractivity contribution is 8.39. The first kappa shape index (κ1) is 16.9. The molecule has 0 spiro atoms. The summed E-state index contributed by atoms with van der Waals surface area (Å²) in [5, 5.41) is 5.44. The van der Waals surface area contributed by atoms with Crippen LogP contribution in [0.1, 0.15) is 11.1 Å². The van der Waals surface area contributed by atoms with Crippen LogP contribution in [0.2, 0.25) is 0 Å². The molecule has 1 aliphatic rings. The van der Waals surface area contributed by atoms with Gasteiger partial charge in [-0.15, -0.1) is 0 Å². The number of hydrogen-bond donors (Lipinski definition) is 2. The molecule has 1 aromatic rings. The predicted octanol–water partition coefficient (Wildman–Crippen LogP) is 2.19. The van der Waals surface area contributed by atoms with Crippen LogP contribution < -0.4 is 10.6 Å². The predicted molar refractivity (Wildman–Crippen MR) is 94.8 cm³/mol. The number of carbonyl (C=O) groups is 2. The second-order valence-corrected chi connectivity index (χ2v) is 7.16. The summed E-state index contributed by atoms with van der Waals surface area (Å²) in [4.78, 5) is 27.8. The van der Waals surface area contributed by atoms with E-state index in [1.807, 2.05) is 32.0 Å². The van der Waals surface area contributed by atoms with E-state index in [0.717, 1.165) is 33.5 Å². The Hall–Kier alpha value is -1.47. The molecule has 118 valence electrons. The lowest BCUT2D eigenvalue weighted by molar-refractivity contribution is -0.122. The average molecular weight is 337 g/mol. The van der Waals surface area contributed by atoms with Gasteiger partial charge in [-0.2, -0.15) is 0 Å². The second-order valence-electron chi connectivity index (χ2n) is 4.86. The lowest BCUT2D eigenvalue weighted by Gasteiger charge is -2.10. The van der Waals surface area contributed by atoms with E-state index >= 15 is 0 Å². The molecule has 0 bridgehead atoms. The van der Waals surface area contributed by atoms with E-state index in [0.29, 0.717) is 5.75 Å². The van der Waals surface area contributed by atoms with Gasteiger partial charge >= 0.3 is 0 Å². The molecule has 0 aromatic heterocycles. The molecule has 2 rings (SSSR count). The summed E-state index contributed by atoms with van der Waals surface area (Å²) in [6.45, 7) is 4.76. The first-order chi connectivity index (χ1) is 10.6. The minimum absolute atomic E-state index is 0.0214. The van der Waals surface area contributed by atoms with Crippen LogP contribution in [0.4, 0.5) is 5.69 Å². The Labute approximate surface area is 138 Å². The quantitative estimate of drug-likeness (QED) is 0.864. The van der Waals surface area contributed by atoms with Crippen molar-refractivity contribution in [3.63, 3.8) is 0 Å². The SMILES string of the molecule is Cc1cccc(NC(=O)CNC(=O)CSC2=NCCS2)c1C. The largest absolute Gasteiger partial charge is 0.346 e. The number of anilines is 1. The van der Waals surface area contributed by atoms with Crippen LogP contribution in [0, 0.1) is 13.8 Å². The van der Waals surface area contributed by atoms with E-state index in [-0.39, 0.29) is 18.4 Å². The highest BCUT2D eigenvalue weighted by atomic mass is 32.2. The maximum absolute atomic E-state index is 11.9. The molecule has 0 atom stereocenters. The minimum atomic E-state index is -0.223. The Morgan fingerprint density at radius 1 is 1.32 bits per heavy atom. The van der Waals surface area contributed by atoms with Crippen molar-refractivity contribution in [1.29, 1.82) is 0 Å². The number of nitrogens with one attached hydrogen (secondary N) is 2. The Bertz CT molecular complexity index is 602. The Morgan fingerprint density at radius 3 is 2.86 bits per heavy atom. The van der Waals surface area contributed by atoms with Crippen molar-refractivity contribution >= 4 is 45.4 Å². The summed E-state index contributed by atoms with van der Waals surface area (Å²) in [7, 11) is 0. The van der Waals surface area contributed by atoms with Crippen LogP contribution >= 0.6 is 23.5 Å². The summed E-state index contributed by atoms with van der Waals surface area (Å²) in [5.41, 5.74) is 2.94. The van der Waals surface area contributed by atoms with E-state index < -0.39 is 0 Å². The van der Waals surface area contributed by atoms with Crippen molar-refractivity contribution in [3.05, 3.63) is 29.3 Å². The highest BCUT2D eigenvalue weighted by Gasteiger charge is 2.12. The fourth-order valence-electron chi connectivity index (χ4n) is 1.84. The molecule has 0 fully saturated rings. The van der Waals surface area contributed by atoms with Gasteiger partial charge in [-0.1, -0.05) is 35.7 Å². The summed E-state index contributed by atoms with van der Waals surface area (Å²) < 4.78 is 0.954. The fourth-order valence-corrected chi connectivity index (χ4v) is 3.68. The van der Waals surface area contributed by atoms with Gasteiger partial charge in [-0.25, -0.2) is 0 Å². The number of aryl methyl sites for hydroxylation is 1. The first-order valence-corrected chi connectivity index (χ1v) is 8.96. The topological polar surface area (TPSA) is 70.6 Å². The zero-order valence-electron chi connectivity index (χ0n) is 12.6. The average Bonchev–Trinajstić information content (AvgIpc) is 3.01. The number of carbonyl (C=O) groups excluding carboxylic acids is 2.